The van der Waals surface area contributed by atoms with Crippen molar-refractivity contribution in [1.29, 1.82) is 0 Å². The van der Waals surface area contributed by atoms with Crippen LogP contribution in [0.5, 0.6) is 0 Å². The van der Waals surface area contributed by atoms with Crippen LogP contribution in [0.1, 0.15) is 24.9 Å². The molecule has 1 aromatic heterocycles. The molecule has 0 spiro atoms. The Morgan fingerprint density at radius 2 is 2.05 bits per heavy atom. The second-order valence-corrected chi connectivity index (χ2v) is 5.47. The molecule has 1 amide bonds. The molecule has 0 saturated carbocycles. The van der Waals surface area contributed by atoms with Crippen molar-refractivity contribution in [2.45, 2.75) is 31.5 Å². The number of carbonyl (C=O) groups excluding carboxylic acids is 1. The van der Waals surface area contributed by atoms with Crippen LogP contribution in [0, 0.1) is 6.92 Å². The van der Waals surface area contributed by atoms with E-state index in [9.17, 15) is 4.79 Å². The van der Waals surface area contributed by atoms with E-state index in [2.05, 4.69) is 15.5 Å². The highest BCUT2D eigenvalue weighted by Gasteiger charge is 2.24. The number of anilines is 2. The Bertz CT molecular complexity index is 623. The quantitative estimate of drug-likeness (QED) is 0.829. The summed E-state index contributed by atoms with van der Waals surface area (Å²) in [6, 6.07) is 7.24. The molecule has 1 heterocycles. The highest BCUT2D eigenvalue weighted by atomic mass is 32.2. The molecular weight excluding hydrogens is 286 g/mol. The molecule has 2 aromatic rings. The van der Waals surface area contributed by atoms with E-state index >= 15 is 0 Å². The van der Waals surface area contributed by atoms with Crippen molar-refractivity contribution in [3.8, 4) is 0 Å². The molecule has 1 aromatic carbocycles. The second kappa shape index (κ2) is 6.62. The minimum atomic E-state index is -0.427. The van der Waals surface area contributed by atoms with Crippen LogP contribution in [0.4, 0.5) is 11.6 Å². The van der Waals surface area contributed by atoms with Gasteiger partial charge in [0.1, 0.15) is 6.04 Å². The Hall–Kier alpha value is -2.02. The van der Waals surface area contributed by atoms with E-state index in [4.69, 9.17) is 5.73 Å². The van der Waals surface area contributed by atoms with E-state index in [0.717, 1.165) is 11.3 Å². The molecule has 0 aliphatic heterocycles. The van der Waals surface area contributed by atoms with Crippen LogP contribution >= 0.6 is 11.8 Å². The van der Waals surface area contributed by atoms with Crippen LogP contribution in [-0.4, -0.2) is 26.9 Å². The van der Waals surface area contributed by atoms with Gasteiger partial charge in [-0.1, -0.05) is 36.4 Å². The lowest BCUT2D eigenvalue weighted by Gasteiger charge is -2.18. The highest BCUT2D eigenvalue weighted by molar-refractivity contribution is 7.98. The van der Waals surface area contributed by atoms with E-state index in [0.29, 0.717) is 11.6 Å². The van der Waals surface area contributed by atoms with Gasteiger partial charge < -0.3 is 11.1 Å². The molecule has 1 atom stereocenters. The summed E-state index contributed by atoms with van der Waals surface area (Å²) in [4.78, 5) is 12.5. The lowest BCUT2D eigenvalue weighted by atomic mass is 10.2. The number of aryl methyl sites for hydroxylation is 1. The van der Waals surface area contributed by atoms with Crippen LogP contribution in [0.3, 0.4) is 0 Å². The number of rotatable bonds is 5. The van der Waals surface area contributed by atoms with Crippen LogP contribution in [-0.2, 0) is 4.79 Å². The van der Waals surface area contributed by atoms with Gasteiger partial charge in [-0.3, -0.25) is 9.36 Å². The van der Waals surface area contributed by atoms with Crippen molar-refractivity contribution >= 4 is 29.3 Å². The minimum absolute atomic E-state index is 0.122. The average Bonchev–Trinajstić information content (AvgIpc) is 2.84. The fraction of sp³-hybridized carbons (Fsp3) is 0.357. The number of nitrogens with one attached hydrogen (secondary N) is 1. The highest BCUT2D eigenvalue weighted by Crippen LogP contribution is 2.24. The number of hydrogen-bond acceptors (Lipinski definition) is 5. The molecule has 112 valence electrons. The number of nitrogen functional groups attached to an aromatic ring is 1. The summed E-state index contributed by atoms with van der Waals surface area (Å²) in [6.07, 6.45) is 2.48. The number of carbonyl (C=O) groups is 1. The van der Waals surface area contributed by atoms with Crippen molar-refractivity contribution < 1.29 is 4.79 Å². The van der Waals surface area contributed by atoms with Crippen LogP contribution in [0.25, 0.3) is 0 Å². The van der Waals surface area contributed by atoms with Gasteiger partial charge in [0, 0.05) is 5.69 Å². The summed E-state index contributed by atoms with van der Waals surface area (Å²) in [5.41, 5.74) is 7.75. The molecule has 0 aliphatic rings. The predicted octanol–water partition coefficient (Wildman–Crippen LogP) is 2.48. The molecule has 6 nitrogen and oxygen atoms in total. The molecule has 3 N–H and O–H groups in total. The Balaban J connectivity index is 2.22. The third kappa shape index (κ3) is 3.36. The third-order valence-electron chi connectivity index (χ3n) is 3.19. The maximum absolute atomic E-state index is 12.5. The van der Waals surface area contributed by atoms with Gasteiger partial charge in [-0.25, -0.2) is 0 Å². The SMILES string of the molecule is CC[C@@H](C(=O)Nc1ccc(C)cc1)n1c(N)nnc1SC. The van der Waals surface area contributed by atoms with Crippen molar-refractivity contribution in [3.63, 3.8) is 0 Å². The maximum atomic E-state index is 12.5. The minimum Gasteiger partial charge on any atom is -0.368 e. The summed E-state index contributed by atoms with van der Waals surface area (Å²) in [5, 5.41) is 11.4. The largest absolute Gasteiger partial charge is 0.368 e. The van der Waals surface area contributed by atoms with Crippen molar-refractivity contribution in [1.82, 2.24) is 14.8 Å². The van der Waals surface area contributed by atoms with Gasteiger partial charge in [0.2, 0.25) is 11.9 Å². The summed E-state index contributed by atoms with van der Waals surface area (Å²) in [6.45, 7) is 3.94. The lowest BCUT2D eigenvalue weighted by molar-refractivity contribution is -0.119. The van der Waals surface area contributed by atoms with Crippen LogP contribution in [0.2, 0.25) is 0 Å². The van der Waals surface area contributed by atoms with E-state index in [-0.39, 0.29) is 11.9 Å². The number of nitrogens with two attached hydrogens (primary N) is 1. The van der Waals surface area contributed by atoms with E-state index < -0.39 is 6.04 Å². The second-order valence-electron chi connectivity index (χ2n) is 4.69. The zero-order valence-electron chi connectivity index (χ0n) is 12.3. The first-order valence-corrected chi connectivity index (χ1v) is 7.91. The first-order valence-electron chi connectivity index (χ1n) is 6.68. The maximum Gasteiger partial charge on any atom is 0.247 e. The number of hydrogen-bond donors (Lipinski definition) is 2. The van der Waals surface area contributed by atoms with Gasteiger partial charge in [0.25, 0.3) is 0 Å². The average molecular weight is 305 g/mol. The van der Waals surface area contributed by atoms with Gasteiger partial charge >= 0.3 is 0 Å². The van der Waals surface area contributed by atoms with E-state index in [1.165, 1.54) is 11.8 Å². The molecule has 2 rings (SSSR count). The van der Waals surface area contributed by atoms with Crippen molar-refractivity contribution in [2.75, 3.05) is 17.3 Å². The Labute approximate surface area is 128 Å². The Morgan fingerprint density at radius 1 is 1.38 bits per heavy atom. The first-order chi connectivity index (χ1) is 10.1. The van der Waals surface area contributed by atoms with Gasteiger partial charge in [-0.2, -0.15) is 0 Å². The Kier molecular flexibility index (Phi) is 4.85. The van der Waals surface area contributed by atoms with E-state index in [1.807, 2.05) is 44.4 Å². The molecule has 7 heteroatoms. The fourth-order valence-electron chi connectivity index (χ4n) is 2.07. The summed E-state index contributed by atoms with van der Waals surface area (Å²) in [7, 11) is 0. The summed E-state index contributed by atoms with van der Waals surface area (Å²) >= 11 is 1.41. The molecule has 0 aliphatic carbocycles. The lowest BCUT2D eigenvalue weighted by Crippen LogP contribution is -2.27. The molecular formula is C14H19N5OS. The van der Waals surface area contributed by atoms with Crippen molar-refractivity contribution in [3.05, 3.63) is 29.8 Å². The standard InChI is InChI=1S/C14H19N5OS/c1-4-11(19-13(15)17-18-14(19)21-3)12(20)16-10-7-5-9(2)6-8-10/h5-8,11H,4H2,1-3H3,(H2,15,17)(H,16,20)/t11-/m0/s1. The fourth-order valence-corrected chi connectivity index (χ4v) is 2.61. The van der Waals surface area contributed by atoms with Gasteiger partial charge in [0.15, 0.2) is 5.16 Å². The first kappa shape index (κ1) is 15.4. The summed E-state index contributed by atoms with van der Waals surface area (Å²) < 4.78 is 1.67. The van der Waals surface area contributed by atoms with Crippen LogP contribution in [0.15, 0.2) is 29.4 Å². The predicted molar refractivity (Wildman–Crippen MR) is 85.4 cm³/mol. The molecule has 0 bridgehead atoms. The zero-order chi connectivity index (χ0) is 15.4. The molecule has 0 fully saturated rings. The monoisotopic (exact) mass is 305 g/mol. The van der Waals surface area contributed by atoms with E-state index in [1.54, 1.807) is 4.57 Å². The topological polar surface area (TPSA) is 85.8 Å². The molecule has 0 unspecified atom stereocenters. The number of benzene rings is 1. The number of amides is 1. The smallest absolute Gasteiger partial charge is 0.247 e. The molecule has 21 heavy (non-hydrogen) atoms. The van der Waals surface area contributed by atoms with Gasteiger partial charge in [-0.15, -0.1) is 10.2 Å². The number of nitrogens with zero attached hydrogens (tertiary/aromatic N) is 3. The zero-order valence-corrected chi connectivity index (χ0v) is 13.1. The van der Waals surface area contributed by atoms with Gasteiger partial charge in [0.05, 0.1) is 0 Å². The van der Waals surface area contributed by atoms with Crippen molar-refractivity contribution in [2.24, 2.45) is 0 Å². The normalized spacial score (nSPS) is 12.1. The summed E-state index contributed by atoms with van der Waals surface area (Å²) in [5.74, 6) is 0.133. The number of aromatic nitrogens is 3. The number of thioether (sulfide) groups is 1. The van der Waals surface area contributed by atoms with Gasteiger partial charge in [-0.05, 0) is 31.7 Å². The molecule has 0 radical (unpaired) electrons. The third-order valence-corrected chi connectivity index (χ3v) is 3.84. The molecule has 0 saturated heterocycles. The Morgan fingerprint density at radius 3 is 2.62 bits per heavy atom. The van der Waals surface area contributed by atoms with Crippen LogP contribution < -0.4 is 11.1 Å².